The molecule has 0 aliphatic heterocycles. The van der Waals surface area contributed by atoms with Crippen LogP contribution in [0.5, 0.6) is 0 Å². The molecule has 0 spiro atoms. The van der Waals surface area contributed by atoms with Gasteiger partial charge in [0, 0.05) is 6.04 Å². The van der Waals surface area contributed by atoms with Crippen LogP contribution in [0.1, 0.15) is 31.2 Å². The minimum absolute atomic E-state index is 0.0509. The highest BCUT2D eigenvalue weighted by atomic mass is 16.4. The number of carboxylic acid groups (broad SMARTS) is 1. The summed E-state index contributed by atoms with van der Waals surface area (Å²) in [5.41, 5.74) is 6.97. The number of carbonyl (C=O) groups is 2. The van der Waals surface area contributed by atoms with Gasteiger partial charge in [0.1, 0.15) is 0 Å². The molecule has 0 bridgehead atoms. The Kier molecular flexibility index (Phi) is 5.33. The third-order valence-electron chi connectivity index (χ3n) is 4.06. The highest BCUT2D eigenvalue weighted by Crippen LogP contribution is 2.24. The summed E-state index contributed by atoms with van der Waals surface area (Å²) in [6, 6.07) is 9.16. The van der Waals surface area contributed by atoms with Crippen molar-refractivity contribution in [3.8, 4) is 0 Å². The molecule has 5 heteroatoms. The average molecular weight is 290 g/mol. The first-order chi connectivity index (χ1) is 10.1. The van der Waals surface area contributed by atoms with Crippen molar-refractivity contribution < 1.29 is 14.7 Å². The lowest BCUT2D eigenvalue weighted by Crippen LogP contribution is -2.47. The second-order valence-corrected chi connectivity index (χ2v) is 5.69. The molecule has 1 atom stereocenters. The van der Waals surface area contributed by atoms with Gasteiger partial charge >= 0.3 is 5.97 Å². The second-order valence-electron chi connectivity index (χ2n) is 5.69. The van der Waals surface area contributed by atoms with E-state index in [0.29, 0.717) is 32.1 Å². The van der Waals surface area contributed by atoms with E-state index in [1.165, 1.54) is 0 Å². The Hall–Kier alpha value is -1.88. The Labute approximate surface area is 124 Å². The molecule has 21 heavy (non-hydrogen) atoms. The molecule has 0 heterocycles. The van der Waals surface area contributed by atoms with Gasteiger partial charge in [-0.05, 0) is 37.7 Å². The zero-order valence-corrected chi connectivity index (χ0v) is 12.0. The normalized spacial score (nSPS) is 23.3. The van der Waals surface area contributed by atoms with E-state index in [-0.39, 0.29) is 17.9 Å². The van der Waals surface area contributed by atoms with Crippen LogP contribution in [-0.2, 0) is 16.0 Å². The number of nitrogens with two attached hydrogens (primary N) is 1. The number of hydrogen-bond acceptors (Lipinski definition) is 3. The Morgan fingerprint density at radius 1 is 1.19 bits per heavy atom. The SMILES string of the molecule is NC(Cc1ccccc1)C(=O)NC1CCC(C(=O)O)CC1. The first-order valence-electron chi connectivity index (χ1n) is 7.39. The molecule has 0 saturated heterocycles. The Bertz CT molecular complexity index is 482. The molecule has 1 aliphatic carbocycles. The number of carboxylic acids is 1. The summed E-state index contributed by atoms with van der Waals surface area (Å²) in [6.45, 7) is 0. The lowest BCUT2D eigenvalue weighted by Gasteiger charge is -2.27. The Morgan fingerprint density at radius 3 is 2.38 bits per heavy atom. The molecule has 1 saturated carbocycles. The fourth-order valence-electron chi connectivity index (χ4n) is 2.75. The van der Waals surface area contributed by atoms with E-state index in [1.807, 2.05) is 30.3 Å². The van der Waals surface area contributed by atoms with Crippen LogP contribution in [0, 0.1) is 5.92 Å². The lowest BCUT2D eigenvalue weighted by atomic mass is 9.86. The van der Waals surface area contributed by atoms with Crippen molar-refractivity contribution in [3.05, 3.63) is 35.9 Å². The molecule has 2 rings (SSSR count). The van der Waals surface area contributed by atoms with Crippen LogP contribution in [0.25, 0.3) is 0 Å². The van der Waals surface area contributed by atoms with Crippen LogP contribution < -0.4 is 11.1 Å². The Balaban J connectivity index is 1.78. The number of carbonyl (C=O) groups excluding carboxylic acids is 1. The van der Waals surface area contributed by atoms with Crippen LogP contribution in [0.2, 0.25) is 0 Å². The van der Waals surface area contributed by atoms with Crippen molar-refractivity contribution in [2.75, 3.05) is 0 Å². The average Bonchev–Trinajstić information content (AvgIpc) is 2.48. The second kappa shape index (κ2) is 7.22. The van der Waals surface area contributed by atoms with Crippen LogP contribution >= 0.6 is 0 Å². The monoisotopic (exact) mass is 290 g/mol. The third kappa shape index (κ3) is 4.56. The largest absolute Gasteiger partial charge is 0.481 e. The summed E-state index contributed by atoms with van der Waals surface area (Å²) in [5.74, 6) is -1.16. The van der Waals surface area contributed by atoms with Crippen LogP contribution in [-0.4, -0.2) is 29.1 Å². The number of benzene rings is 1. The minimum Gasteiger partial charge on any atom is -0.481 e. The van der Waals surface area contributed by atoms with Crippen molar-refractivity contribution in [1.29, 1.82) is 0 Å². The molecular weight excluding hydrogens is 268 g/mol. The highest BCUT2D eigenvalue weighted by molar-refractivity contribution is 5.82. The summed E-state index contributed by atoms with van der Waals surface area (Å²) in [6.07, 6.45) is 3.17. The maximum atomic E-state index is 12.1. The minimum atomic E-state index is -0.736. The van der Waals surface area contributed by atoms with E-state index in [1.54, 1.807) is 0 Å². The summed E-state index contributed by atoms with van der Waals surface area (Å²) in [7, 11) is 0. The van der Waals surface area contributed by atoms with Crippen molar-refractivity contribution in [2.45, 2.75) is 44.2 Å². The number of aliphatic carboxylic acids is 1. The molecule has 1 amide bonds. The topological polar surface area (TPSA) is 92.4 Å². The van der Waals surface area contributed by atoms with Crippen molar-refractivity contribution in [1.82, 2.24) is 5.32 Å². The van der Waals surface area contributed by atoms with E-state index in [9.17, 15) is 9.59 Å². The maximum absolute atomic E-state index is 12.1. The molecule has 1 unspecified atom stereocenters. The highest BCUT2D eigenvalue weighted by Gasteiger charge is 2.27. The van der Waals surface area contributed by atoms with Crippen LogP contribution in [0.3, 0.4) is 0 Å². The molecule has 1 aromatic carbocycles. The van der Waals surface area contributed by atoms with Gasteiger partial charge in [0.15, 0.2) is 0 Å². The Morgan fingerprint density at radius 2 is 1.81 bits per heavy atom. The zero-order valence-electron chi connectivity index (χ0n) is 12.0. The number of nitrogens with one attached hydrogen (secondary N) is 1. The molecule has 114 valence electrons. The van der Waals surface area contributed by atoms with Crippen LogP contribution in [0.15, 0.2) is 30.3 Å². The van der Waals surface area contributed by atoms with Gasteiger partial charge in [-0.15, -0.1) is 0 Å². The van der Waals surface area contributed by atoms with E-state index in [0.717, 1.165) is 5.56 Å². The van der Waals surface area contributed by atoms with Gasteiger partial charge < -0.3 is 16.2 Å². The molecule has 0 aromatic heterocycles. The van der Waals surface area contributed by atoms with Crippen molar-refractivity contribution in [2.24, 2.45) is 11.7 Å². The van der Waals surface area contributed by atoms with Gasteiger partial charge in [-0.2, -0.15) is 0 Å². The first-order valence-corrected chi connectivity index (χ1v) is 7.39. The molecule has 4 N–H and O–H groups in total. The van der Waals surface area contributed by atoms with Crippen LogP contribution in [0.4, 0.5) is 0 Å². The molecular formula is C16H22N2O3. The van der Waals surface area contributed by atoms with Crippen molar-refractivity contribution >= 4 is 11.9 Å². The summed E-state index contributed by atoms with van der Waals surface area (Å²) in [4.78, 5) is 23.0. The fourth-order valence-corrected chi connectivity index (χ4v) is 2.75. The summed E-state index contributed by atoms with van der Waals surface area (Å²) in [5, 5.41) is 11.9. The van der Waals surface area contributed by atoms with Gasteiger partial charge in [-0.3, -0.25) is 9.59 Å². The van der Waals surface area contributed by atoms with Gasteiger partial charge in [0.25, 0.3) is 0 Å². The summed E-state index contributed by atoms with van der Waals surface area (Å²) < 4.78 is 0. The van der Waals surface area contributed by atoms with Gasteiger partial charge in [0.2, 0.25) is 5.91 Å². The molecule has 1 fully saturated rings. The predicted molar refractivity (Wildman–Crippen MR) is 79.6 cm³/mol. The fraction of sp³-hybridized carbons (Fsp3) is 0.500. The van der Waals surface area contributed by atoms with E-state index in [2.05, 4.69) is 5.32 Å². The van der Waals surface area contributed by atoms with Gasteiger partial charge in [-0.1, -0.05) is 30.3 Å². The van der Waals surface area contributed by atoms with E-state index < -0.39 is 12.0 Å². The van der Waals surface area contributed by atoms with Gasteiger partial charge in [-0.25, -0.2) is 0 Å². The predicted octanol–water partition coefficient (Wildman–Crippen LogP) is 1.32. The number of amides is 1. The number of hydrogen-bond donors (Lipinski definition) is 3. The maximum Gasteiger partial charge on any atom is 0.306 e. The van der Waals surface area contributed by atoms with Gasteiger partial charge in [0.05, 0.1) is 12.0 Å². The van der Waals surface area contributed by atoms with E-state index in [4.69, 9.17) is 10.8 Å². The number of rotatable bonds is 5. The molecule has 0 radical (unpaired) electrons. The standard InChI is InChI=1S/C16H22N2O3/c17-14(10-11-4-2-1-3-5-11)15(19)18-13-8-6-12(7-9-13)16(20)21/h1-5,12-14H,6-10,17H2,(H,18,19)(H,20,21). The third-order valence-corrected chi connectivity index (χ3v) is 4.06. The molecule has 5 nitrogen and oxygen atoms in total. The first kappa shape index (κ1) is 15.5. The molecule has 1 aromatic rings. The van der Waals surface area contributed by atoms with Crippen molar-refractivity contribution in [3.63, 3.8) is 0 Å². The van der Waals surface area contributed by atoms with E-state index >= 15 is 0 Å². The smallest absolute Gasteiger partial charge is 0.306 e. The summed E-state index contributed by atoms with van der Waals surface area (Å²) >= 11 is 0. The molecule has 1 aliphatic rings. The quantitative estimate of drug-likeness (QED) is 0.762. The lowest BCUT2D eigenvalue weighted by molar-refractivity contribution is -0.142. The zero-order chi connectivity index (χ0) is 15.2.